The van der Waals surface area contributed by atoms with Crippen molar-refractivity contribution in [3.05, 3.63) is 84.4 Å². The highest BCUT2D eigenvalue weighted by atomic mass is 32.2. The number of hydrogen-bond acceptors (Lipinski definition) is 4. The van der Waals surface area contributed by atoms with Crippen molar-refractivity contribution in [3.8, 4) is 5.75 Å². The molecule has 7 heteroatoms. The Morgan fingerprint density at radius 2 is 1.50 bits per heavy atom. The normalized spacial score (nSPS) is 10.9. The average molecular weight is 396 g/mol. The molecule has 0 unspecified atom stereocenters. The van der Waals surface area contributed by atoms with Gasteiger partial charge in [-0.05, 0) is 42.5 Å². The van der Waals surface area contributed by atoms with Crippen LogP contribution in [0.15, 0.2) is 83.8 Å². The van der Waals surface area contributed by atoms with E-state index in [0.29, 0.717) is 17.1 Å². The van der Waals surface area contributed by atoms with E-state index in [2.05, 4.69) is 10.0 Å². The fraction of sp³-hybridized carbons (Fsp3) is 0.0952. The van der Waals surface area contributed by atoms with E-state index in [1.807, 2.05) is 18.2 Å². The number of amides is 1. The number of methoxy groups -OCH3 is 1. The van der Waals surface area contributed by atoms with Gasteiger partial charge in [-0.25, -0.2) is 8.42 Å². The predicted octanol–water partition coefficient (Wildman–Crippen LogP) is 3.68. The summed E-state index contributed by atoms with van der Waals surface area (Å²) in [6, 6.07) is 21.9. The molecule has 0 aliphatic heterocycles. The van der Waals surface area contributed by atoms with Crippen molar-refractivity contribution in [3.63, 3.8) is 0 Å². The largest absolute Gasteiger partial charge is 0.496 e. The van der Waals surface area contributed by atoms with E-state index in [0.717, 1.165) is 5.56 Å². The van der Waals surface area contributed by atoms with Gasteiger partial charge in [0, 0.05) is 16.9 Å². The van der Waals surface area contributed by atoms with Gasteiger partial charge in [0.1, 0.15) is 5.75 Å². The minimum atomic E-state index is -3.70. The lowest BCUT2D eigenvalue weighted by Gasteiger charge is -2.10. The van der Waals surface area contributed by atoms with Crippen LogP contribution in [0, 0.1) is 0 Å². The average Bonchev–Trinajstić information content (AvgIpc) is 2.69. The molecule has 6 nitrogen and oxygen atoms in total. The van der Waals surface area contributed by atoms with Crippen molar-refractivity contribution < 1.29 is 17.9 Å². The van der Waals surface area contributed by atoms with E-state index in [4.69, 9.17) is 4.74 Å². The van der Waals surface area contributed by atoms with Crippen molar-refractivity contribution in [2.75, 3.05) is 17.1 Å². The zero-order valence-corrected chi connectivity index (χ0v) is 16.1. The molecule has 0 spiro atoms. The summed E-state index contributed by atoms with van der Waals surface area (Å²) in [5.41, 5.74) is 1.77. The van der Waals surface area contributed by atoms with Crippen LogP contribution in [0.2, 0.25) is 0 Å². The second-order valence-electron chi connectivity index (χ2n) is 6.03. The molecule has 3 aromatic rings. The third-order valence-electron chi connectivity index (χ3n) is 4.02. The molecule has 0 aromatic heterocycles. The van der Waals surface area contributed by atoms with Crippen LogP contribution in [0.4, 0.5) is 11.4 Å². The molecule has 0 saturated heterocycles. The number of ether oxygens (including phenoxy) is 1. The summed E-state index contributed by atoms with van der Waals surface area (Å²) in [7, 11) is -2.14. The van der Waals surface area contributed by atoms with Gasteiger partial charge in [0.15, 0.2) is 0 Å². The topological polar surface area (TPSA) is 84.5 Å². The molecule has 0 saturated carbocycles. The Morgan fingerprint density at radius 3 is 2.18 bits per heavy atom. The van der Waals surface area contributed by atoms with Gasteiger partial charge < -0.3 is 10.1 Å². The molecule has 28 heavy (non-hydrogen) atoms. The number of rotatable bonds is 7. The summed E-state index contributed by atoms with van der Waals surface area (Å²) in [6.45, 7) is 0. The molecule has 0 aliphatic carbocycles. The molecule has 0 bridgehead atoms. The maximum Gasteiger partial charge on any atom is 0.261 e. The monoisotopic (exact) mass is 396 g/mol. The van der Waals surface area contributed by atoms with Crippen LogP contribution < -0.4 is 14.8 Å². The van der Waals surface area contributed by atoms with Crippen molar-refractivity contribution in [2.24, 2.45) is 0 Å². The minimum absolute atomic E-state index is 0.110. The van der Waals surface area contributed by atoms with Crippen LogP contribution in [-0.2, 0) is 21.2 Å². The van der Waals surface area contributed by atoms with Crippen LogP contribution in [0.3, 0.4) is 0 Å². The maximum absolute atomic E-state index is 12.4. The molecule has 2 N–H and O–H groups in total. The third kappa shape index (κ3) is 4.89. The SMILES string of the molecule is COc1ccccc1CC(=O)Nc1ccc(S(=O)(=O)Nc2ccccc2)cc1. The molecule has 3 aromatic carbocycles. The summed E-state index contributed by atoms with van der Waals surface area (Å²) in [5, 5.41) is 2.76. The second kappa shape index (κ2) is 8.58. The molecule has 0 atom stereocenters. The number of hydrogen-bond donors (Lipinski definition) is 2. The molecule has 0 radical (unpaired) electrons. The molecule has 144 valence electrons. The highest BCUT2D eigenvalue weighted by Gasteiger charge is 2.14. The van der Waals surface area contributed by atoms with Crippen LogP contribution >= 0.6 is 0 Å². The van der Waals surface area contributed by atoms with E-state index in [1.165, 1.54) is 12.1 Å². The molecule has 3 rings (SSSR count). The van der Waals surface area contributed by atoms with E-state index >= 15 is 0 Å². The molecule has 0 heterocycles. The number of sulfonamides is 1. The first-order valence-electron chi connectivity index (χ1n) is 8.57. The summed E-state index contributed by atoms with van der Waals surface area (Å²) < 4.78 is 32.6. The first-order valence-corrected chi connectivity index (χ1v) is 10.1. The van der Waals surface area contributed by atoms with E-state index < -0.39 is 10.0 Å². The summed E-state index contributed by atoms with van der Waals surface area (Å²) in [5.74, 6) is 0.425. The number of nitrogens with one attached hydrogen (secondary N) is 2. The molecule has 0 fully saturated rings. The Bertz CT molecular complexity index is 1050. The van der Waals surface area contributed by atoms with Gasteiger partial charge >= 0.3 is 0 Å². The summed E-state index contributed by atoms with van der Waals surface area (Å²) in [6.07, 6.45) is 0.152. The Morgan fingerprint density at radius 1 is 0.857 bits per heavy atom. The number of anilines is 2. The van der Waals surface area contributed by atoms with E-state index in [-0.39, 0.29) is 17.2 Å². The quantitative estimate of drug-likeness (QED) is 0.638. The fourth-order valence-electron chi connectivity index (χ4n) is 2.66. The molecule has 0 aliphatic rings. The van der Waals surface area contributed by atoms with Crippen LogP contribution in [0.5, 0.6) is 5.75 Å². The molecule has 1 amide bonds. The predicted molar refractivity (Wildman–Crippen MR) is 109 cm³/mol. The van der Waals surface area contributed by atoms with Gasteiger partial charge in [0.25, 0.3) is 10.0 Å². The lowest BCUT2D eigenvalue weighted by Crippen LogP contribution is -2.15. The van der Waals surface area contributed by atoms with E-state index in [9.17, 15) is 13.2 Å². The number of benzene rings is 3. The number of carbonyl (C=O) groups is 1. The Hall–Kier alpha value is -3.32. The van der Waals surface area contributed by atoms with E-state index in [1.54, 1.807) is 55.6 Å². The highest BCUT2D eigenvalue weighted by Crippen LogP contribution is 2.20. The van der Waals surface area contributed by atoms with Gasteiger partial charge in [-0.3, -0.25) is 9.52 Å². The summed E-state index contributed by atoms with van der Waals surface area (Å²) in [4.78, 5) is 12.4. The number of carbonyl (C=O) groups excluding carboxylic acids is 1. The first kappa shape index (κ1) is 19.4. The molecular weight excluding hydrogens is 376 g/mol. The van der Waals surface area contributed by atoms with Gasteiger partial charge in [-0.2, -0.15) is 0 Å². The van der Waals surface area contributed by atoms with Gasteiger partial charge in [-0.1, -0.05) is 36.4 Å². The van der Waals surface area contributed by atoms with Crippen molar-refractivity contribution in [1.29, 1.82) is 0 Å². The van der Waals surface area contributed by atoms with Crippen LogP contribution in [0.25, 0.3) is 0 Å². The standard InChI is InChI=1S/C21H20N2O4S/c1-27-20-10-6-5-7-16(20)15-21(24)22-17-11-13-19(14-12-17)28(25,26)23-18-8-3-2-4-9-18/h2-14,23H,15H2,1H3,(H,22,24). The Balaban J connectivity index is 1.66. The van der Waals surface area contributed by atoms with Gasteiger partial charge in [0.2, 0.25) is 5.91 Å². The Labute approximate surface area is 164 Å². The maximum atomic E-state index is 12.4. The van der Waals surface area contributed by atoms with Crippen LogP contribution in [0.1, 0.15) is 5.56 Å². The zero-order chi connectivity index (χ0) is 20.0. The minimum Gasteiger partial charge on any atom is -0.496 e. The lowest BCUT2D eigenvalue weighted by atomic mass is 10.1. The third-order valence-corrected chi connectivity index (χ3v) is 5.42. The fourth-order valence-corrected chi connectivity index (χ4v) is 3.72. The molecular formula is C21H20N2O4S. The second-order valence-corrected chi connectivity index (χ2v) is 7.72. The Kier molecular flexibility index (Phi) is 5.96. The summed E-state index contributed by atoms with van der Waals surface area (Å²) >= 11 is 0. The van der Waals surface area contributed by atoms with Crippen LogP contribution in [-0.4, -0.2) is 21.4 Å². The smallest absolute Gasteiger partial charge is 0.261 e. The first-order chi connectivity index (χ1) is 13.5. The number of para-hydroxylation sites is 2. The van der Waals surface area contributed by atoms with Crippen molar-refractivity contribution in [1.82, 2.24) is 0 Å². The zero-order valence-electron chi connectivity index (χ0n) is 15.3. The van der Waals surface area contributed by atoms with Crippen molar-refractivity contribution >= 4 is 27.3 Å². The lowest BCUT2D eigenvalue weighted by molar-refractivity contribution is -0.115. The van der Waals surface area contributed by atoms with Gasteiger partial charge in [0.05, 0.1) is 18.4 Å². The van der Waals surface area contributed by atoms with Gasteiger partial charge in [-0.15, -0.1) is 0 Å². The van der Waals surface area contributed by atoms with Crippen molar-refractivity contribution in [2.45, 2.75) is 11.3 Å². The highest BCUT2D eigenvalue weighted by molar-refractivity contribution is 7.92.